The highest BCUT2D eigenvalue weighted by atomic mass is 127. The second-order valence-electron chi connectivity index (χ2n) is 2.96. The molecule has 2 rings (SSSR count). The van der Waals surface area contributed by atoms with Crippen molar-refractivity contribution in [3.8, 4) is 0 Å². The zero-order valence-corrected chi connectivity index (χ0v) is 13.0. The molecule has 82 valence electrons. The van der Waals surface area contributed by atoms with Crippen LogP contribution in [0.4, 0.5) is 5.82 Å². The standard InChI is InChI=1S/C10H6I2N2OS/c11-7-1-2-9(13-4-7)14-10(15)6-3-8(12)16-5-6/h1-5H,(H,13,14,15). The maximum atomic E-state index is 11.8. The van der Waals surface area contributed by atoms with E-state index in [0.29, 0.717) is 11.4 Å². The molecule has 0 atom stereocenters. The third kappa shape index (κ3) is 3.14. The number of thiophene rings is 1. The van der Waals surface area contributed by atoms with Gasteiger partial charge in [0.1, 0.15) is 5.82 Å². The van der Waals surface area contributed by atoms with Gasteiger partial charge in [-0.25, -0.2) is 4.98 Å². The average molecular weight is 456 g/mol. The molecule has 3 nitrogen and oxygen atoms in total. The molecule has 2 aromatic heterocycles. The smallest absolute Gasteiger partial charge is 0.257 e. The largest absolute Gasteiger partial charge is 0.307 e. The van der Waals surface area contributed by atoms with Gasteiger partial charge >= 0.3 is 0 Å². The van der Waals surface area contributed by atoms with Gasteiger partial charge in [0.25, 0.3) is 5.91 Å². The molecule has 0 spiro atoms. The molecule has 16 heavy (non-hydrogen) atoms. The Labute approximate surface area is 124 Å². The lowest BCUT2D eigenvalue weighted by atomic mass is 10.3. The molecule has 2 aromatic rings. The number of halogens is 2. The summed E-state index contributed by atoms with van der Waals surface area (Å²) < 4.78 is 2.14. The number of carbonyl (C=O) groups excluding carboxylic acids is 1. The van der Waals surface area contributed by atoms with Gasteiger partial charge in [-0.3, -0.25) is 4.79 Å². The maximum Gasteiger partial charge on any atom is 0.257 e. The van der Waals surface area contributed by atoms with E-state index in [1.54, 1.807) is 23.6 Å². The van der Waals surface area contributed by atoms with Crippen LogP contribution < -0.4 is 5.32 Å². The molecule has 0 aliphatic rings. The van der Waals surface area contributed by atoms with Gasteiger partial charge in [0, 0.05) is 15.1 Å². The second-order valence-corrected chi connectivity index (χ2v) is 7.01. The summed E-state index contributed by atoms with van der Waals surface area (Å²) in [6, 6.07) is 5.55. The Morgan fingerprint density at radius 1 is 1.38 bits per heavy atom. The highest BCUT2D eigenvalue weighted by molar-refractivity contribution is 14.1. The lowest BCUT2D eigenvalue weighted by Crippen LogP contribution is -2.11. The first kappa shape index (κ1) is 12.2. The number of nitrogens with one attached hydrogen (secondary N) is 1. The Balaban J connectivity index is 2.10. The summed E-state index contributed by atoms with van der Waals surface area (Å²) in [5.41, 5.74) is 0.676. The zero-order valence-electron chi connectivity index (χ0n) is 7.91. The monoisotopic (exact) mass is 456 g/mol. The van der Waals surface area contributed by atoms with Crippen LogP contribution in [0.1, 0.15) is 10.4 Å². The van der Waals surface area contributed by atoms with Crippen molar-refractivity contribution in [2.45, 2.75) is 0 Å². The molecule has 1 amide bonds. The third-order valence-corrected chi connectivity index (χ3v) is 4.23. The van der Waals surface area contributed by atoms with Gasteiger partial charge < -0.3 is 5.32 Å². The van der Waals surface area contributed by atoms with Gasteiger partial charge in [-0.05, 0) is 63.4 Å². The van der Waals surface area contributed by atoms with Crippen LogP contribution in [0.3, 0.4) is 0 Å². The average Bonchev–Trinajstić information content (AvgIpc) is 2.68. The molecule has 6 heteroatoms. The molecule has 0 saturated carbocycles. The fraction of sp³-hybridized carbons (Fsp3) is 0. The number of hydrogen-bond donors (Lipinski definition) is 1. The van der Waals surface area contributed by atoms with Crippen LogP contribution in [-0.4, -0.2) is 10.9 Å². The lowest BCUT2D eigenvalue weighted by molar-refractivity contribution is 0.102. The fourth-order valence-corrected chi connectivity index (χ4v) is 2.71. The summed E-state index contributed by atoms with van der Waals surface area (Å²) in [6.45, 7) is 0. The first-order valence-electron chi connectivity index (χ1n) is 4.32. The van der Waals surface area contributed by atoms with Crippen LogP contribution in [-0.2, 0) is 0 Å². The summed E-state index contributed by atoms with van der Waals surface area (Å²) in [5, 5.41) is 4.59. The first-order chi connectivity index (χ1) is 7.65. The number of anilines is 1. The third-order valence-electron chi connectivity index (χ3n) is 1.80. The molecule has 2 heterocycles. The van der Waals surface area contributed by atoms with E-state index in [4.69, 9.17) is 0 Å². The van der Waals surface area contributed by atoms with E-state index < -0.39 is 0 Å². The fourth-order valence-electron chi connectivity index (χ4n) is 1.07. The highest BCUT2D eigenvalue weighted by Crippen LogP contribution is 2.17. The number of amides is 1. The van der Waals surface area contributed by atoms with Gasteiger partial charge in [-0.15, -0.1) is 11.3 Å². The molecular weight excluding hydrogens is 450 g/mol. The summed E-state index contributed by atoms with van der Waals surface area (Å²) in [5.74, 6) is 0.458. The minimum atomic E-state index is -0.118. The Morgan fingerprint density at radius 3 is 2.75 bits per heavy atom. The molecule has 0 aromatic carbocycles. The van der Waals surface area contributed by atoms with Crippen LogP contribution in [0.25, 0.3) is 0 Å². The van der Waals surface area contributed by atoms with Crippen molar-refractivity contribution >= 4 is 68.2 Å². The molecule has 1 N–H and O–H groups in total. The van der Waals surface area contributed by atoms with Crippen LogP contribution in [0, 0.1) is 6.45 Å². The first-order valence-corrected chi connectivity index (χ1v) is 7.36. The van der Waals surface area contributed by atoms with Crippen molar-refractivity contribution in [3.63, 3.8) is 0 Å². The van der Waals surface area contributed by atoms with Crippen molar-refractivity contribution in [3.05, 3.63) is 41.8 Å². The van der Waals surface area contributed by atoms with Gasteiger partial charge in [0.2, 0.25) is 0 Å². The topological polar surface area (TPSA) is 42.0 Å². The lowest BCUT2D eigenvalue weighted by Gasteiger charge is -2.02. The Kier molecular flexibility index (Phi) is 4.14. The van der Waals surface area contributed by atoms with Crippen molar-refractivity contribution in [1.29, 1.82) is 0 Å². The number of rotatable bonds is 2. The molecule has 0 fully saturated rings. The zero-order chi connectivity index (χ0) is 11.5. The Hall–Kier alpha value is -0.220. The van der Waals surface area contributed by atoms with Crippen molar-refractivity contribution in [2.24, 2.45) is 0 Å². The van der Waals surface area contributed by atoms with E-state index in [9.17, 15) is 4.79 Å². The summed E-state index contributed by atoms with van der Waals surface area (Å²) in [6.07, 6.45) is 1.72. The van der Waals surface area contributed by atoms with Crippen LogP contribution in [0.2, 0.25) is 0 Å². The van der Waals surface area contributed by atoms with E-state index >= 15 is 0 Å². The van der Waals surface area contributed by atoms with E-state index in [1.165, 1.54) is 0 Å². The molecule has 0 unspecified atom stereocenters. The Bertz CT molecular complexity index is 510. The number of aromatic nitrogens is 1. The van der Waals surface area contributed by atoms with E-state index in [1.807, 2.05) is 17.5 Å². The van der Waals surface area contributed by atoms with Crippen molar-refractivity contribution in [2.75, 3.05) is 5.32 Å². The van der Waals surface area contributed by atoms with Gasteiger partial charge in [-0.1, -0.05) is 0 Å². The van der Waals surface area contributed by atoms with Gasteiger partial charge in [-0.2, -0.15) is 0 Å². The molecular formula is C10H6I2N2OS. The number of carbonyl (C=O) groups is 1. The molecule has 0 saturated heterocycles. The number of pyridine rings is 1. The van der Waals surface area contributed by atoms with Gasteiger partial charge in [0.05, 0.1) is 8.45 Å². The molecule has 0 radical (unpaired) electrons. The number of nitrogens with zero attached hydrogens (tertiary/aromatic N) is 1. The van der Waals surface area contributed by atoms with E-state index in [0.717, 1.165) is 6.45 Å². The minimum Gasteiger partial charge on any atom is -0.307 e. The van der Waals surface area contributed by atoms with Crippen molar-refractivity contribution < 1.29 is 4.79 Å². The summed E-state index contributed by atoms with van der Waals surface area (Å²) in [7, 11) is 0. The maximum absolute atomic E-state index is 11.8. The predicted molar refractivity (Wildman–Crippen MR) is 81.9 cm³/mol. The van der Waals surface area contributed by atoms with E-state index in [-0.39, 0.29) is 5.91 Å². The SMILES string of the molecule is O=C(Nc1ccc(I)cn1)c1csc(I)c1. The normalized spacial score (nSPS) is 10.1. The van der Waals surface area contributed by atoms with Gasteiger partial charge in [0.15, 0.2) is 0 Å². The van der Waals surface area contributed by atoms with Crippen LogP contribution >= 0.6 is 56.5 Å². The van der Waals surface area contributed by atoms with Crippen molar-refractivity contribution in [1.82, 2.24) is 4.98 Å². The minimum absolute atomic E-state index is 0.118. The Morgan fingerprint density at radius 2 is 2.19 bits per heavy atom. The molecule has 0 bridgehead atoms. The highest BCUT2D eigenvalue weighted by Gasteiger charge is 2.08. The van der Waals surface area contributed by atoms with Crippen LogP contribution in [0.15, 0.2) is 29.8 Å². The predicted octanol–water partition coefficient (Wildman–Crippen LogP) is 3.60. The van der Waals surface area contributed by atoms with Crippen LogP contribution in [0.5, 0.6) is 0 Å². The summed E-state index contributed by atoms with van der Waals surface area (Å²) in [4.78, 5) is 15.9. The number of hydrogen-bond acceptors (Lipinski definition) is 3. The molecule has 0 aliphatic heterocycles. The molecule has 0 aliphatic carbocycles. The quantitative estimate of drug-likeness (QED) is 0.703. The second kappa shape index (κ2) is 5.41. The summed E-state index contributed by atoms with van der Waals surface area (Å²) >= 11 is 5.91. The van der Waals surface area contributed by atoms with E-state index in [2.05, 4.69) is 55.5 Å².